The maximum Gasteiger partial charge on any atom is 0.265 e. The predicted octanol–water partition coefficient (Wildman–Crippen LogP) is 2.60. The molecule has 0 aliphatic rings. The van der Waals surface area contributed by atoms with E-state index in [2.05, 4.69) is 17.2 Å². The van der Waals surface area contributed by atoms with Crippen LogP contribution in [-0.4, -0.2) is 29.9 Å². The van der Waals surface area contributed by atoms with E-state index in [1.54, 1.807) is 32.6 Å². The minimum atomic E-state index is -0.0721. The number of hydrogen-bond acceptors (Lipinski definition) is 5. The Kier molecular flexibility index (Phi) is 4.24. The Balaban J connectivity index is 2.15. The molecule has 0 saturated heterocycles. The zero-order valence-electron chi connectivity index (χ0n) is 11.8. The van der Waals surface area contributed by atoms with E-state index >= 15 is 0 Å². The molecule has 3 N–H and O–H groups in total. The molecule has 5 nitrogen and oxygen atoms in total. The summed E-state index contributed by atoms with van der Waals surface area (Å²) in [7, 11) is 3.43. The molecule has 2 aromatic rings. The molecule has 0 radical (unpaired) electrons. The van der Waals surface area contributed by atoms with Crippen molar-refractivity contribution in [3.63, 3.8) is 0 Å². The van der Waals surface area contributed by atoms with Crippen LogP contribution in [0.1, 0.15) is 28.2 Å². The maximum absolute atomic E-state index is 12.0. The van der Waals surface area contributed by atoms with Crippen LogP contribution in [0.2, 0.25) is 0 Å². The third-order valence-corrected chi connectivity index (χ3v) is 4.00. The topological polar surface area (TPSA) is 71.2 Å². The SMILES string of the molecule is CC(Nc1cc(N)c(C(=O)N(C)C)s1)c1ccncc1. The van der Waals surface area contributed by atoms with Crippen molar-refractivity contribution in [2.45, 2.75) is 13.0 Å². The Hall–Kier alpha value is -2.08. The van der Waals surface area contributed by atoms with Gasteiger partial charge < -0.3 is 16.0 Å². The van der Waals surface area contributed by atoms with Crippen molar-refractivity contribution in [1.29, 1.82) is 0 Å². The second kappa shape index (κ2) is 5.92. The smallest absolute Gasteiger partial charge is 0.265 e. The van der Waals surface area contributed by atoms with Gasteiger partial charge in [-0.05, 0) is 30.7 Å². The molecule has 0 aliphatic carbocycles. The number of amides is 1. The Morgan fingerprint density at radius 1 is 1.40 bits per heavy atom. The summed E-state index contributed by atoms with van der Waals surface area (Å²) in [6.07, 6.45) is 3.52. The van der Waals surface area contributed by atoms with Crippen molar-refractivity contribution in [2.75, 3.05) is 25.1 Å². The van der Waals surface area contributed by atoms with Gasteiger partial charge >= 0.3 is 0 Å². The highest BCUT2D eigenvalue weighted by molar-refractivity contribution is 7.18. The number of aromatic nitrogens is 1. The van der Waals surface area contributed by atoms with E-state index in [4.69, 9.17) is 5.73 Å². The fraction of sp³-hybridized carbons (Fsp3) is 0.286. The fourth-order valence-electron chi connectivity index (χ4n) is 1.80. The number of nitrogens with two attached hydrogens (primary N) is 1. The van der Waals surface area contributed by atoms with Crippen LogP contribution in [0.4, 0.5) is 10.7 Å². The molecule has 0 aliphatic heterocycles. The maximum atomic E-state index is 12.0. The van der Waals surface area contributed by atoms with Gasteiger partial charge in [0.1, 0.15) is 4.88 Å². The molecule has 0 spiro atoms. The zero-order valence-corrected chi connectivity index (χ0v) is 12.6. The summed E-state index contributed by atoms with van der Waals surface area (Å²) >= 11 is 1.38. The van der Waals surface area contributed by atoms with Gasteiger partial charge in [-0.3, -0.25) is 9.78 Å². The largest absolute Gasteiger partial charge is 0.397 e. The van der Waals surface area contributed by atoms with Gasteiger partial charge in [-0.2, -0.15) is 0 Å². The number of rotatable bonds is 4. The highest BCUT2D eigenvalue weighted by Gasteiger charge is 2.17. The van der Waals surface area contributed by atoms with E-state index in [-0.39, 0.29) is 11.9 Å². The lowest BCUT2D eigenvalue weighted by molar-refractivity contribution is 0.0833. The summed E-state index contributed by atoms with van der Waals surface area (Å²) in [5, 5.41) is 4.24. The van der Waals surface area contributed by atoms with Gasteiger partial charge in [0.15, 0.2) is 0 Å². The van der Waals surface area contributed by atoms with E-state index in [1.807, 2.05) is 12.1 Å². The summed E-state index contributed by atoms with van der Waals surface area (Å²) in [6, 6.07) is 5.85. The average Bonchev–Trinajstić information content (AvgIpc) is 2.79. The van der Waals surface area contributed by atoms with Gasteiger partial charge in [-0.15, -0.1) is 11.3 Å². The van der Waals surface area contributed by atoms with Crippen LogP contribution < -0.4 is 11.1 Å². The molecular weight excluding hydrogens is 272 g/mol. The normalized spacial score (nSPS) is 11.9. The quantitative estimate of drug-likeness (QED) is 0.908. The number of nitrogens with zero attached hydrogens (tertiary/aromatic N) is 2. The first-order valence-corrected chi connectivity index (χ1v) is 7.08. The minimum Gasteiger partial charge on any atom is -0.397 e. The molecule has 106 valence electrons. The predicted molar refractivity (Wildman–Crippen MR) is 83.0 cm³/mol. The third-order valence-electron chi connectivity index (χ3n) is 2.93. The number of carbonyl (C=O) groups excluding carboxylic acids is 1. The van der Waals surface area contributed by atoms with Crippen molar-refractivity contribution in [2.24, 2.45) is 0 Å². The van der Waals surface area contributed by atoms with Gasteiger partial charge in [0.05, 0.1) is 10.7 Å². The first-order chi connectivity index (χ1) is 9.49. The monoisotopic (exact) mass is 290 g/mol. The summed E-state index contributed by atoms with van der Waals surface area (Å²) in [5.41, 5.74) is 7.55. The van der Waals surface area contributed by atoms with Crippen molar-refractivity contribution in [3.8, 4) is 0 Å². The van der Waals surface area contributed by atoms with Crippen LogP contribution in [0.15, 0.2) is 30.6 Å². The Labute approximate surface area is 122 Å². The van der Waals surface area contributed by atoms with E-state index in [1.165, 1.54) is 16.2 Å². The molecule has 2 heterocycles. The fourth-order valence-corrected chi connectivity index (χ4v) is 2.88. The molecule has 0 bridgehead atoms. The molecule has 2 aromatic heterocycles. The van der Waals surface area contributed by atoms with Crippen molar-refractivity contribution < 1.29 is 4.79 Å². The van der Waals surface area contributed by atoms with Gasteiger partial charge in [0.25, 0.3) is 5.91 Å². The molecule has 1 amide bonds. The van der Waals surface area contributed by atoms with E-state index in [9.17, 15) is 4.79 Å². The van der Waals surface area contributed by atoms with Crippen LogP contribution in [0.5, 0.6) is 0 Å². The van der Waals surface area contributed by atoms with Gasteiger partial charge in [0.2, 0.25) is 0 Å². The lowest BCUT2D eigenvalue weighted by Crippen LogP contribution is -2.21. The molecule has 0 saturated carbocycles. The number of hydrogen-bond donors (Lipinski definition) is 2. The Bertz CT molecular complexity index is 594. The molecule has 0 aromatic carbocycles. The first kappa shape index (κ1) is 14.3. The summed E-state index contributed by atoms with van der Waals surface area (Å²) in [5.74, 6) is -0.0721. The number of thiophene rings is 1. The molecular formula is C14H18N4OS. The third kappa shape index (κ3) is 3.08. The number of nitrogens with one attached hydrogen (secondary N) is 1. The second-order valence-corrected chi connectivity index (χ2v) is 5.79. The number of pyridine rings is 1. The van der Waals surface area contributed by atoms with Crippen LogP contribution >= 0.6 is 11.3 Å². The summed E-state index contributed by atoms with van der Waals surface area (Å²) < 4.78 is 0. The highest BCUT2D eigenvalue weighted by Crippen LogP contribution is 2.32. The molecule has 20 heavy (non-hydrogen) atoms. The van der Waals surface area contributed by atoms with Crippen LogP contribution in [0, 0.1) is 0 Å². The number of carbonyl (C=O) groups is 1. The highest BCUT2D eigenvalue weighted by atomic mass is 32.1. The van der Waals surface area contributed by atoms with E-state index in [0.29, 0.717) is 10.6 Å². The van der Waals surface area contributed by atoms with E-state index < -0.39 is 0 Å². The lowest BCUT2D eigenvalue weighted by atomic mass is 10.1. The molecule has 2 rings (SSSR count). The summed E-state index contributed by atoms with van der Waals surface area (Å²) in [6.45, 7) is 2.05. The molecule has 0 fully saturated rings. The first-order valence-electron chi connectivity index (χ1n) is 6.26. The Morgan fingerprint density at radius 3 is 2.65 bits per heavy atom. The van der Waals surface area contributed by atoms with Gasteiger partial charge in [-0.1, -0.05) is 0 Å². The van der Waals surface area contributed by atoms with Crippen molar-refractivity contribution >= 4 is 27.9 Å². The van der Waals surface area contributed by atoms with E-state index in [0.717, 1.165) is 10.6 Å². The van der Waals surface area contributed by atoms with Crippen LogP contribution in [0.3, 0.4) is 0 Å². The average molecular weight is 290 g/mol. The van der Waals surface area contributed by atoms with Crippen LogP contribution in [0.25, 0.3) is 0 Å². The minimum absolute atomic E-state index is 0.0721. The lowest BCUT2D eigenvalue weighted by Gasteiger charge is -2.13. The van der Waals surface area contributed by atoms with Crippen molar-refractivity contribution in [1.82, 2.24) is 9.88 Å². The molecule has 1 atom stereocenters. The number of anilines is 2. The van der Waals surface area contributed by atoms with Crippen LogP contribution in [-0.2, 0) is 0 Å². The zero-order chi connectivity index (χ0) is 14.7. The summed E-state index contributed by atoms with van der Waals surface area (Å²) in [4.78, 5) is 18.0. The van der Waals surface area contributed by atoms with Gasteiger partial charge in [-0.25, -0.2) is 0 Å². The second-order valence-electron chi connectivity index (χ2n) is 4.74. The standard InChI is InChI=1S/C14H18N4OS/c1-9(10-4-6-16-7-5-10)17-12-8-11(15)13(20-12)14(19)18(2)3/h4-9,17H,15H2,1-3H3. The van der Waals surface area contributed by atoms with Crippen molar-refractivity contribution in [3.05, 3.63) is 41.0 Å². The molecule has 1 unspecified atom stereocenters. The van der Waals surface area contributed by atoms with Gasteiger partial charge in [0, 0.05) is 32.5 Å². The Morgan fingerprint density at radius 2 is 2.05 bits per heavy atom. The number of nitrogen functional groups attached to an aromatic ring is 1. The molecule has 6 heteroatoms.